The van der Waals surface area contributed by atoms with Crippen LogP contribution in [-0.2, 0) is 14.3 Å². The molecule has 0 heterocycles. The van der Waals surface area contributed by atoms with Gasteiger partial charge in [-0.05, 0) is 12.8 Å². The zero-order valence-electron chi connectivity index (χ0n) is 33.5. The number of hydrogen-bond donors (Lipinski definition) is 5. The van der Waals surface area contributed by atoms with E-state index >= 15 is 0 Å². The summed E-state index contributed by atoms with van der Waals surface area (Å²) in [6.07, 6.45) is 40.9. The van der Waals surface area contributed by atoms with E-state index < -0.39 is 5.97 Å². The van der Waals surface area contributed by atoms with Crippen LogP contribution in [0.2, 0.25) is 0 Å². The maximum Gasteiger partial charge on any atom is 0.305 e. The molecule has 0 aliphatic carbocycles. The SMILES string of the molecule is CCCCCCCCCCCCCCCCCC(=O)O.CCCCCCCCCCCCCCCCCC(=O)OCCN.OCCNCCO. The lowest BCUT2D eigenvalue weighted by molar-refractivity contribution is -0.143. The van der Waals surface area contributed by atoms with Crippen LogP contribution >= 0.6 is 0 Å². The molecule has 0 radical (unpaired) electrons. The third-order valence-corrected chi connectivity index (χ3v) is 8.94. The van der Waals surface area contributed by atoms with Crippen molar-refractivity contribution in [3.05, 3.63) is 0 Å². The first-order chi connectivity index (χ1) is 24.5. The van der Waals surface area contributed by atoms with Crippen LogP contribution in [0.15, 0.2) is 0 Å². The Hall–Kier alpha value is -1.22. The van der Waals surface area contributed by atoms with E-state index in [9.17, 15) is 9.59 Å². The fraction of sp³-hybridized carbons (Fsp3) is 0.952. The summed E-state index contributed by atoms with van der Waals surface area (Å²) in [5, 5.41) is 27.6. The largest absolute Gasteiger partial charge is 0.481 e. The normalized spacial score (nSPS) is 10.7. The first-order valence-corrected chi connectivity index (χ1v) is 21.5. The Morgan fingerprint density at radius 1 is 0.480 bits per heavy atom. The van der Waals surface area contributed by atoms with Crippen molar-refractivity contribution < 1.29 is 29.6 Å². The van der Waals surface area contributed by atoms with Gasteiger partial charge in [-0.2, -0.15) is 0 Å². The van der Waals surface area contributed by atoms with Crippen LogP contribution in [0.5, 0.6) is 0 Å². The molecular weight excluding hydrogens is 628 g/mol. The standard InChI is InChI=1S/C20H41NO2.C18H36O2.C4H11NO2/c1-2-3-4-5-6-7-8-9-10-11-12-13-14-15-16-17-20(22)23-19-18-21;1-2-3-4-5-6-7-8-9-10-11-12-13-14-15-16-17-18(19)20;6-3-1-5-2-4-7/h2-19,21H2,1H3;2-17H2,1H3,(H,19,20);5-7H,1-4H2. The number of carbonyl (C=O) groups excluding carboxylic acids is 1. The number of aliphatic hydroxyl groups is 2. The highest BCUT2D eigenvalue weighted by Crippen LogP contribution is 2.15. The van der Waals surface area contributed by atoms with Gasteiger partial charge in [0.2, 0.25) is 0 Å². The minimum atomic E-state index is -0.653. The molecular formula is C42H88N2O6. The zero-order valence-corrected chi connectivity index (χ0v) is 33.5. The zero-order chi connectivity index (χ0) is 37.4. The van der Waals surface area contributed by atoms with Crippen molar-refractivity contribution in [3.8, 4) is 0 Å². The number of carboxylic acid groups (broad SMARTS) is 1. The van der Waals surface area contributed by atoms with Gasteiger partial charge in [-0.3, -0.25) is 9.59 Å². The maximum atomic E-state index is 11.3. The number of carbonyl (C=O) groups is 2. The number of esters is 1. The summed E-state index contributed by atoms with van der Waals surface area (Å²) < 4.78 is 4.95. The number of aliphatic carboxylic acids is 1. The number of rotatable bonds is 38. The van der Waals surface area contributed by atoms with Gasteiger partial charge in [0.15, 0.2) is 0 Å². The number of nitrogens with two attached hydrogens (primary N) is 1. The van der Waals surface area contributed by atoms with Crippen molar-refractivity contribution in [1.29, 1.82) is 0 Å². The van der Waals surface area contributed by atoms with Gasteiger partial charge in [-0.15, -0.1) is 0 Å². The van der Waals surface area contributed by atoms with E-state index in [-0.39, 0.29) is 19.2 Å². The smallest absolute Gasteiger partial charge is 0.305 e. The van der Waals surface area contributed by atoms with E-state index in [2.05, 4.69) is 19.2 Å². The van der Waals surface area contributed by atoms with E-state index in [0.717, 1.165) is 25.7 Å². The molecule has 0 aromatic rings. The third-order valence-electron chi connectivity index (χ3n) is 8.94. The molecule has 0 aliphatic heterocycles. The number of hydrogen-bond acceptors (Lipinski definition) is 7. The Bertz CT molecular complexity index is 619. The fourth-order valence-electron chi connectivity index (χ4n) is 5.82. The molecule has 0 spiro atoms. The molecule has 0 aliphatic rings. The van der Waals surface area contributed by atoms with Gasteiger partial charge in [-0.25, -0.2) is 0 Å². The lowest BCUT2D eigenvalue weighted by Crippen LogP contribution is -2.21. The van der Waals surface area contributed by atoms with Crippen LogP contribution in [0, 0.1) is 0 Å². The molecule has 0 rings (SSSR count). The number of carboxylic acids is 1. The van der Waals surface area contributed by atoms with Crippen molar-refractivity contribution in [2.45, 2.75) is 219 Å². The van der Waals surface area contributed by atoms with Gasteiger partial charge < -0.3 is 31.1 Å². The van der Waals surface area contributed by atoms with E-state index in [4.69, 9.17) is 25.8 Å². The minimum Gasteiger partial charge on any atom is -0.481 e. The average molecular weight is 717 g/mol. The molecule has 0 aromatic carbocycles. The molecule has 8 nitrogen and oxygen atoms in total. The van der Waals surface area contributed by atoms with Crippen LogP contribution in [0.4, 0.5) is 0 Å². The predicted molar refractivity (Wildman–Crippen MR) is 214 cm³/mol. The molecule has 0 saturated heterocycles. The first-order valence-electron chi connectivity index (χ1n) is 21.5. The number of aliphatic hydroxyl groups excluding tert-OH is 2. The molecule has 0 saturated carbocycles. The highest BCUT2D eigenvalue weighted by Gasteiger charge is 2.02. The summed E-state index contributed by atoms with van der Waals surface area (Å²) >= 11 is 0. The summed E-state index contributed by atoms with van der Waals surface area (Å²) in [4.78, 5) is 21.6. The lowest BCUT2D eigenvalue weighted by Gasteiger charge is -2.04. The van der Waals surface area contributed by atoms with Gasteiger partial charge >= 0.3 is 11.9 Å². The average Bonchev–Trinajstić information content (AvgIpc) is 3.11. The topological polar surface area (TPSA) is 142 Å². The van der Waals surface area contributed by atoms with Crippen molar-refractivity contribution in [1.82, 2.24) is 5.32 Å². The lowest BCUT2D eigenvalue weighted by atomic mass is 10.0. The molecule has 0 amide bonds. The van der Waals surface area contributed by atoms with Crippen LogP contribution in [0.25, 0.3) is 0 Å². The highest BCUT2D eigenvalue weighted by molar-refractivity contribution is 5.69. The minimum absolute atomic E-state index is 0.0925. The molecule has 8 heteroatoms. The second-order valence-electron chi connectivity index (χ2n) is 14.0. The summed E-state index contributed by atoms with van der Waals surface area (Å²) in [5.41, 5.74) is 5.29. The molecule has 0 unspecified atom stereocenters. The molecule has 302 valence electrons. The van der Waals surface area contributed by atoms with E-state index in [1.165, 1.54) is 167 Å². The molecule has 0 bridgehead atoms. The molecule has 6 N–H and O–H groups in total. The predicted octanol–water partition coefficient (Wildman–Crippen LogP) is 10.6. The fourth-order valence-corrected chi connectivity index (χ4v) is 5.82. The van der Waals surface area contributed by atoms with Crippen LogP contribution in [0.1, 0.15) is 219 Å². The van der Waals surface area contributed by atoms with Crippen molar-refractivity contribution in [2.24, 2.45) is 5.73 Å². The maximum absolute atomic E-state index is 11.3. The quantitative estimate of drug-likeness (QED) is 0.0314. The number of unbranched alkanes of at least 4 members (excludes halogenated alkanes) is 28. The van der Waals surface area contributed by atoms with Gasteiger partial charge in [0.25, 0.3) is 0 Å². The Kier molecular flexibility index (Phi) is 55.4. The summed E-state index contributed by atoms with van der Waals surface area (Å²) in [6.45, 7) is 6.74. The van der Waals surface area contributed by atoms with E-state index in [0.29, 0.717) is 39.1 Å². The van der Waals surface area contributed by atoms with Gasteiger partial charge in [0, 0.05) is 32.5 Å². The molecule has 0 aromatic heterocycles. The second-order valence-corrected chi connectivity index (χ2v) is 14.0. The van der Waals surface area contributed by atoms with Gasteiger partial charge in [0.1, 0.15) is 6.61 Å². The van der Waals surface area contributed by atoms with Crippen LogP contribution < -0.4 is 11.1 Å². The Balaban J connectivity index is -0.000000746. The Morgan fingerprint density at radius 2 is 0.760 bits per heavy atom. The van der Waals surface area contributed by atoms with Crippen molar-refractivity contribution >= 4 is 11.9 Å². The number of ether oxygens (including phenoxy) is 1. The highest BCUT2D eigenvalue weighted by atomic mass is 16.5. The second kappa shape index (κ2) is 52.1. The van der Waals surface area contributed by atoms with E-state index in [1.807, 2.05) is 0 Å². The van der Waals surface area contributed by atoms with Crippen molar-refractivity contribution in [2.75, 3.05) is 39.5 Å². The molecule has 0 fully saturated rings. The monoisotopic (exact) mass is 717 g/mol. The van der Waals surface area contributed by atoms with Crippen LogP contribution in [0.3, 0.4) is 0 Å². The molecule has 0 atom stereocenters. The van der Waals surface area contributed by atoms with Gasteiger partial charge in [-0.1, -0.05) is 194 Å². The Labute approximate surface area is 310 Å². The van der Waals surface area contributed by atoms with Crippen LogP contribution in [-0.4, -0.2) is 66.7 Å². The van der Waals surface area contributed by atoms with Crippen molar-refractivity contribution in [3.63, 3.8) is 0 Å². The Morgan fingerprint density at radius 3 is 1.02 bits per heavy atom. The van der Waals surface area contributed by atoms with Gasteiger partial charge in [0.05, 0.1) is 13.2 Å². The molecule has 50 heavy (non-hydrogen) atoms. The third kappa shape index (κ3) is 59.0. The summed E-state index contributed by atoms with van der Waals surface area (Å²) in [6, 6.07) is 0. The van der Waals surface area contributed by atoms with E-state index in [1.54, 1.807) is 0 Å². The summed E-state index contributed by atoms with van der Waals surface area (Å²) in [7, 11) is 0. The summed E-state index contributed by atoms with van der Waals surface area (Å²) in [5.74, 6) is -0.746. The first kappa shape index (κ1) is 53.1. The number of nitrogens with one attached hydrogen (secondary N) is 1.